The number of halogens is 4. The lowest BCUT2D eigenvalue weighted by molar-refractivity contribution is -0.140. The van der Waals surface area contributed by atoms with Gasteiger partial charge in [-0.2, -0.15) is 18.2 Å². The highest BCUT2D eigenvalue weighted by atomic mass is 32.1. The minimum atomic E-state index is -4.86. The number of carbonyl (C=O) groups is 1. The number of carbonyl (C=O) groups excluding carboxylic acids is 1. The molecule has 0 bridgehead atoms. The van der Waals surface area contributed by atoms with Crippen molar-refractivity contribution in [1.29, 1.82) is 0 Å². The van der Waals surface area contributed by atoms with Crippen molar-refractivity contribution in [3.8, 4) is 0 Å². The molecule has 3 rings (SSSR count). The monoisotopic (exact) mass is 358 g/mol. The summed E-state index contributed by atoms with van der Waals surface area (Å²) >= 11 is 1.25. The molecule has 2 aromatic rings. The van der Waals surface area contributed by atoms with Crippen LogP contribution in [0.1, 0.15) is 33.6 Å². The van der Waals surface area contributed by atoms with Crippen LogP contribution in [0.15, 0.2) is 29.4 Å². The molecule has 8 heteroatoms. The molecule has 0 atom stereocenters. The first kappa shape index (κ1) is 16.9. The second kappa shape index (κ2) is 6.16. The van der Waals surface area contributed by atoms with E-state index < -0.39 is 29.0 Å². The molecule has 0 spiro atoms. The average Bonchev–Trinajstić information content (AvgIpc) is 3.22. The third kappa shape index (κ3) is 3.58. The number of amides is 1. The minimum Gasteiger partial charge on any atom is -0.323 e. The predicted molar refractivity (Wildman–Crippen MR) is 81.1 cm³/mol. The Morgan fingerprint density at radius 2 is 2.08 bits per heavy atom. The Morgan fingerprint density at radius 3 is 2.71 bits per heavy atom. The maximum absolute atomic E-state index is 14.0. The number of aryl methyl sites for hydroxylation is 1. The SMILES string of the molecule is Cc1cn(CC2CC2)/c(=N/C(=O)c2cccc(C(F)(F)F)c2F)s1. The Hall–Kier alpha value is -1.96. The van der Waals surface area contributed by atoms with Gasteiger partial charge in [-0.15, -0.1) is 11.3 Å². The van der Waals surface area contributed by atoms with Crippen LogP contribution < -0.4 is 4.80 Å². The number of aromatic nitrogens is 1. The highest BCUT2D eigenvalue weighted by molar-refractivity contribution is 7.09. The van der Waals surface area contributed by atoms with Crippen molar-refractivity contribution in [2.45, 2.75) is 32.5 Å². The normalized spacial score (nSPS) is 15.8. The van der Waals surface area contributed by atoms with E-state index in [0.29, 0.717) is 23.3 Å². The number of hydrogen-bond donors (Lipinski definition) is 0. The Bertz CT molecular complexity index is 846. The summed E-state index contributed by atoms with van der Waals surface area (Å²) in [6.45, 7) is 2.56. The van der Waals surface area contributed by atoms with Gasteiger partial charge in [-0.05, 0) is 37.8 Å². The van der Waals surface area contributed by atoms with Gasteiger partial charge in [0.15, 0.2) is 4.80 Å². The standard InChI is InChI=1S/C16H14F4N2OS/c1-9-7-22(8-10-5-6-10)15(24-9)21-14(23)11-3-2-4-12(13(11)17)16(18,19)20/h2-4,7,10H,5-6,8H2,1H3/b21-15-. The van der Waals surface area contributed by atoms with E-state index >= 15 is 0 Å². The maximum atomic E-state index is 14.0. The van der Waals surface area contributed by atoms with Gasteiger partial charge in [0.2, 0.25) is 0 Å². The van der Waals surface area contributed by atoms with E-state index in [4.69, 9.17) is 0 Å². The number of hydrogen-bond acceptors (Lipinski definition) is 2. The van der Waals surface area contributed by atoms with Gasteiger partial charge in [0.25, 0.3) is 5.91 Å². The van der Waals surface area contributed by atoms with Gasteiger partial charge in [0.05, 0.1) is 11.1 Å². The van der Waals surface area contributed by atoms with Gasteiger partial charge in [-0.25, -0.2) is 4.39 Å². The van der Waals surface area contributed by atoms with Crippen molar-refractivity contribution in [3.63, 3.8) is 0 Å². The molecular formula is C16H14F4N2OS. The number of alkyl halides is 3. The Morgan fingerprint density at radius 1 is 1.38 bits per heavy atom. The molecule has 0 aliphatic heterocycles. The van der Waals surface area contributed by atoms with Crippen molar-refractivity contribution < 1.29 is 22.4 Å². The molecule has 128 valence electrons. The summed E-state index contributed by atoms with van der Waals surface area (Å²) in [7, 11) is 0. The number of rotatable bonds is 3. The molecule has 1 fully saturated rings. The zero-order chi connectivity index (χ0) is 17.5. The molecule has 0 N–H and O–H groups in total. The van der Waals surface area contributed by atoms with E-state index in [1.807, 2.05) is 13.1 Å². The second-order valence-electron chi connectivity index (χ2n) is 5.80. The molecule has 0 radical (unpaired) electrons. The molecule has 1 aliphatic carbocycles. The van der Waals surface area contributed by atoms with Crippen LogP contribution in [-0.4, -0.2) is 10.5 Å². The first-order chi connectivity index (χ1) is 11.3. The Kier molecular flexibility index (Phi) is 4.33. The average molecular weight is 358 g/mol. The lowest BCUT2D eigenvalue weighted by Crippen LogP contribution is -2.18. The van der Waals surface area contributed by atoms with Gasteiger partial charge in [-0.1, -0.05) is 6.07 Å². The predicted octanol–water partition coefficient (Wildman–Crippen LogP) is 4.17. The maximum Gasteiger partial charge on any atom is 0.419 e. The first-order valence-corrected chi connectivity index (χ1v) is 8.19. The van der Waals surface area contributed by atoms with E-state index in [0.717, 1.165) is 29.9 Å². The largest absolute Gasteiger partial charge is 0.419 e. The lowest BCUT2D eigenvalue weighted by atomic mass is 10.1. The van der Waals surface area contributed by atoms with Gasteiger partial charge in [0, 0.05) is 17.6 Å². The highest BCUT2D eigenvalue weighted by Gasteiger charge is 2.35. The Balaban J connectivity index is 1.98. The number of benzene rings is 1. The van der Waals surface area contributed by atoms with Gasteiger partial charge in [0.1, 0.15) is 5.82 Å². The highest BCUT2D eigenvalue weighted by Crippen LogP contribution is 2.32. The summed E-state index contributed by atoms with van der Waals surface area (Å²) in [5, 5.41) is 0. The molecule has 0 saturated heterocycles. The molecule has 1 aromatic carbocycles. The van der Waals surface area contributed by atoms with Crippen LogP contribution in [0.4, 0.5) is 17.6 Å². The Labute approximate surface area is 139 Å². The van der Waals surface area contributed by atoms with Crippen molar-refractivity contribution in [2.75, 3.05) is 0 Å². The van der Waals surface area contributed by atoms with Crippen molar-refractivity contribution in [2.24, 2.45) is 10.9 Å². The zero-order valence-electron chi connectivity index (χ0n) is 12.7. The molecule has 1 saturated carbocycles. The molecule has 3 nitrogen and oxygen atoms in total. The topological polar surface area (TPSA) is 34.4 Å². The fourth-order valence-corrected chi connectivity index (χ4v) is 3.20. The van der Waals surface area contributed by atoms with Crippen LogP contribution in [0.25, 0.3) is 0 Å². The van der Waals surface area contributed by atoms with Crippen LogP contribution in [0.2, 0.25) is 0 Å². The summed E-state index contributed by atoms with van der Waals surface area (Å²) in [6.07, 6.45) is -0.793. The van der Waals surface area contributed by atoms with Crippen molar-refractivity contribution in [1.82, 2.24) is 4.57 Å². The smallest absolute Gasteiger partial charge is 0.323 e. The van der Waals surface area contributed by atoms with Crippen LogP contribution >= 0.6 is 11.3 Å². The molecule has 1 heterocycles. The third-order valence-corrected chi connectivity index (χ3v) is 4.65. The van der Waals surface area contributed by atoms with Crippen LogP contribution in [0.3, 0.4) is 0 Å². The number of thiazole rings is 1. The van der Waals surface area contributed by atoms with E-state index in [2.05, 4.69) is 4.99 Å². The fourth-order valence-electron chi connectivity index (χ4n) is 2.36. The van der Waals surface area contributed by atoms with Crippen LogP contribution in [0.5, 0.6) is 0 Å². The molecule has 24 heavy (non-hydrogen) atoms. The molecule has 1 aromatic heterocycles. The summed E-state index contributed by atoms with van der Waals surface area (Å²) < 4.78 is 54.1. The lowest BCUT2D eigenvalue weighted by Gasteiger charge is -2.09. The minimum absolute atomic E-state index is 0.376. The van der Waals surface area contributed by atoms with E-state index in [-0.39, 0.29) is 0 Å². The second-order valence-corrected chi connectivity index (χ2v) is 7.02. The molecule has 1 amide bonds. The van der Waals surface area contributed by atoms with Gasteiger partial charge >= 0.3 is 6.18 Å². The summed E-state index contributed by atoms with van der Waals surface area (Å²) in [4.78, 5) is 17.3. The van der Waals surface area contributed by atoms with E-state index in [1.165, 1.54) is 11.3 Å². The summed E-state index contributed by atoms with van der Waals surface area (Å²) in [6, 6.07) is 2.63. The van der Waals surface area contributed by atoms with E-state index in [9.17, 15) is 22.4 Å². The molecular weight excluding hydrogens is 344 g/mol. The fraction of sp³-hybridized carbons (Fsp3) is 0.375. The number of nitrogens with zero attached hydrogens (tertiary/aromatic N) is 2. The molecule has 1 aliphatic rings. The summed E-state index contributed by atoms with van der Waals surface area (Å²) in [5.41, 5.74) is -2.13. The quantitative estimate of drug-likeness (QED) is 0.759. The van der Waals surface area contributed by atoms with Crippen LogP contribution in [0, 0.1) is 18.7 Å². The van der Waals surface area contributed by atoms with Crippen molar-refractivity contribution in [3.05, 3.63) is 51.0 Å². The summed E-state index contributed by atoms with van der Waals surface area (Å²) in [5.74, 6) is -2.05. The van der Waals surface area contributed by atoms with Gasteiger partial charge < -0.3 is 4.57 Å². The van der Waals surface area contributed by atoms with Gasteiger partial charge in [-0.3, -0.25) is 4.79 Å². The molecule has 0 unspecified atom stereocenters. The third-order valence-electron chi connectivity index (χ3n) is 3.72. The zero-order valence-corrected chi connectivity index (χ0v) is 13.5. The van der Waals surface area contributed by atoms with Crippen molar-refractivity contribution >= 4 is 17.2 Å². The van der Waals surface area contributed by atoms with E-state index in [1.54, 1.807) is 4.57 Å². The first-order valence-electron chi connectivity index (χ1n) is 7.37. The van der Waals surface area contributed by atoms with Crippen LogP contribution in [-0.2, 0) is 12.7 Å².